The fourth-order valence-corrected chi connectivity index (χ4v) is 1.50. The van der Waals surface area contributed by atoms with Crippen LogP contribution >= 0.6 is 0 Å². The van der Waals surface area contributed by atoms with Crippen molar-refractivity contribution in [2.24, 2.45) is 5.73 Å². The number of rotatable bonds is 3. The average molecular weight is 189 g/mol. The predicted octanol–water partition coefficient (Wildman–Crippen LogP) is 1.16. The van der Waals surface area contributed by atoms with Gasteiger partial charge in [-0.15, -0.1) is 0 Å². The molecule has 0 saturated heterocycles. The van der Waals surface area contributed by atoms with Crippen LogP contribution in [-0.4, -0.2) is 24.8 Å². The van der Waals surface area contributed by atoms with E-state index in [9.17, 15) is 9.18 Å². The maximum Gasteiger partial charge on any atom is 0.325 e. The van der Waals surface area contributed by atoms with E-state index in [2.05, 4.69) is 0 Å². The van der Waals surface area contributed by atoms with Crippen LogP contribution < -0.4 is 5.73 Å². The summed E-state index contributed by atoms with van der Waals surface area (Å²) >= 11 is 0. The van der Waals surface area contributed by atoms with Crippen molar-refractivity contribution >= 4 is 5.97 Å². The Hall–Kier alpha value is -0.640. The molecule has 0 aliphatic heterocycles. The summed E-state index contributed by atoms with van der Waals surface area (Å²) < 4.78 is 17.0. The normalized spacial score (nSPS) is 21.1. The van der Waals surface area contributed by atoms with Crippen LogP contribution in [0.3, 0.4) is 0 Å². The highest BCUT2D eigenvalue weighted by molar-refractivity contribution is 5.75. The topological polar surface area (TPSA) is 52.3 Å². The van der Waals surface area contributed by atoms with E-state index in [4.69, 9.17) is 10.5 Å². The first-order valence-corrected chi connectivity index (χ1v) is 4.76. The van der Waals surface area contributed by atoms with Gasteiger partial charge < -0.3 is 10.5 Å². The summed E-state index contributed by atoms with van der Waals surface area (Å²) in [6.07, 6.45) is 5.13. The van der Waals surface area contributed by atoms with Crippen molar-refractivity contribution in [2.45, 2.75) is 44.2 Å². The summed E-state index contributed by atoms with van der Waals surface area (Å²) in [7, 11) is 0. The quantitative estimate of drug-likeness (QED) is 0.678. The van der Waals surface area contributed by atoms with Crippen molar-refractivity contribution in [1.82, 2.24) is 0 Å². The number of hydrogen-bond acceptors (Lipinski definition) is 3. The molecule has 0 aromatic carbocycles. The van der Waals surface area contributed by atoms with Gasteiger partial charge >= 0.3 is 5.97 Å². The molecule has 1 rings (SSSR count). The second kappa shape index (κ2) is 5.17. The van der Waals surface area contributed by atoms with Gasteiger partial charge in [-0.2, -0.15) is 0 Å². The van der Waals surface area contributed by atoms with Gasteiger partial charge in [-0.25, -0.2) is 4.39 Å². The molecule has 1 aliphatic carbocycles. The molecule has 76 valence electrons. The van der Waals surface area contributed by atoms with Crippen molar-refractivity contribution in [3.63, 3.8) is 0 Å². The lowest BCUT2D eigenvalue weighted by Crippen LogP contribution is -2.37. The molecule has 13 heavy (non-hydrogen) atoms. The molecule has 0 aromatic heterocycles. The minimum atomic E-state index is -1.10. The van der Waals surface area contributed by atoms with Crippen LogP contribution in [-0.2, 0) is 9.53 Å². The zero-order valence-corrected chi connectivity index (χ0v) is 7.67. The fraction of sp³-hybridized carbons (Fsp3) is 0.889. The van der Waals surface area contributed by atoms with Crippen LogP contribution in [0.2, 0.25) is 0 Å². The Balaban J connectivity index is 2.26. The summed E-state index contributed by atoms with van der Waals surface area (Å²) in [5.41, 5.74) is 5.18. The Bertz CT molecular complexity index is 169. The molecule has 0 bridgehead atoms. The smallest absolute Gasteiger partial charge is 0.325 e. The molecule has 0 aromatic rings. The maximum absolute atomic E-state index is 12.0. The lowest BCUT2D eigenvalue weighted by Gasteiger charge is -2.22. The van der Waals surface area contributed by atoms with Gasteiger partial charge in [0.05, 0.1) is 0 Å². The SMILES string of the molecule is N[C@H](CF)C(=O)OC1CCCCC1. The lowest BCUT2D eigenvalue weighted by molar-refractivity contribution is -0.152. The van der Waals surface area contributed by atoms with Crippen LogP contribution in [0.5, 0.6) is 0 Å². The molecular formula is C9H16FNO2. The summed E-state index contributed by atoms with van der Waals surface area (Å²) in [6.45, 7) is -0.842. The van der Waals surface area contributed by atoms with Gasteiger partial charge in [-0.3, -0.25) is 4.79 Å². The largest absolute Gasteiger partial charge is 0.461 e. The van der Waals surface area contributed by atoms with E-state index in [1.165, 1.54) is 6.42 Å². The van der Waals surface area contributed by atoms with E-state index >= 15 is 0 Å². The second-order valence-electron chi connectivity index (χ2n) is 3.46. The van der Waals surface area contributed by atoms with Gasteiger partial charge in [0.25, 0.3) is 0 Å². The summed E-state index contributed by atoms with van der Waals surface area (Å²) in [5, 5.41) is 0. The highest BCUT2D eigenvalue weighted by atomic mass is 19.1. The zero-order chi connectivity index (χ0) is 9.68. The third-order valence-corrected chi connectivity index (χ3v) is 2.30. The molecule has 0 radical (unpaired) electrons. The number of carbonyl (C=O) groups is 1. The molecular weight excluding hydrogens is 173 g/mol. The Morgan fingerprint density at radius 3 is 2.62 bits per heavy atom. The summed E-state index contributed by atoms with van der Waals surface area (Å²) in [4.78, 5) is 11.1. The summed E-state index contributed by atoms with van der Waals surface area (Å²) in [5.74, 6) is -0.602. The number of carbonyl (C=O) groups excluding carboxylic acids is 1. The third kappa shape index (κ3) is 3.30. The van der Waals surface area contributed by atoms with Gasteiger partial charge in [-0.05, 0) is 25.7 Å². The molecule has 0 unspecified atom stereocenters. The number of halogens is 1. The third-order valence-electron chi connectivity index (χ3n) is 2.30. The van der Waals surface area contributed by atoms with Crippen LogP contribution in [0.15, 0.2) is 0 Å². The molecule has 1 saturated carbocycles. The molecule has 1 fully saturated rings. The van der Waals surface area contributed by atoms with Crippen molar-refractivity contribution in [2.75, 3.05) is 6.67 Å². The minimum Gasteiger partial charge on any atom is -0.461 e. The molecule has 0 heterocycles. The van der Waals surface area contributed by atoms with Crippen molar-refractivity contribution in [3.8, 4) is 0 Å². The Labute approximate surface area is 77.4 Å². The monoisotopic (exact) mass is 189 g/mol. The van der Waals surface area contributed by atoms with Gasteiger partial charge in [-0.1, -0.05) is 6.42 Å². The van der Waals surface area contributed by atoms with Crippen LogP contribution in [0, 0.1) is 0 Å². The zero-order valence-electron chi connectivity index (χ0n) is 7.67. The van der Waals surface area contributed by atoms with Crippen LogP contribution in [0.25, 0.3) is 0 Å². The number of ether oxygens (including phenoxy) is 1. The fourth-order valence-electron chi connectivity index (χ4n) is 1.50. The van der Waals surface area contributed by atoms with E-state index in [-0.39, 0.29) is 6.10 Å². The van der Waals surface area contributed by atoms with E-state index in [1.54, 1.807) is 0 Å². The maximum atomic E-state index is 12.0. The highest BCUT2D eigenvalue weighted by Gasteiger charge is 2.21. The second-order valence-corrected chi connectivity index (χ2v) is 3.46. The van der Waals surface area contributed by atoms with E-state index in [1.807, 2.05) is 0 Å². The Morgan fingerprint density at radius 2 is 2.08 bits per heavy atom. The first-order chi connectivity index (χ1) is 6.24. The molecule has 3 nitrogen and oxygen atoms in total. The molecule has 4 heteroatoms. The van der Waals surface area contributed by atoms with E-state index < -0.39 is 18.7 Å². The van der Waals surface area contributed by atoms with Gasteiger partial charge in [0.2, 0.25) is 0 Å². The standard InChI is InChI=1S/C9H16FNO2/c10-6-8(11)9(12)13-7-4-2-1-3-5-7/h7-8H,1-6,11H2/t8-/m1/s1. The number of esters is 1. The number of hydrogen-bond donors (Lipinski definition) is 1. The first kappa shape index (κ1) is 10.4. The molecule has 2 N–H and O–H groups in total. The molecule has 0 amide bonds. The van der Waals surface area contributed by atoms with Crippen LogP contribution in [0.1, 0.15) is 32.1 Å². The van der Waals surface area contributed by atoms with Gasteiger partial charge in [0, 0.05) is 0 Å². The highest BCUT2D eigenvalue weighted by Crippen LogP contribution is 2.20. The Morgan fingerprint density at radius 1 is 1.46 bits per heavy atom. The van der Waals surface area contributed by atoms with Crippen molar-refractivity contribution < 1.29 is 13.9 Å². The molecule has 0 spiro atoms. The lowest BCUT2D eigenvalue weighted by atomic mass is 9.98. The average Bonchev–Trinajstić information content (AvgIpc) is 2.18. The molecule has 1 aliphatic rings. The van der Waals surface area contributed by atoms with Gasteiger partial charge in [0.1, 0.15) is 18.8 Å². The predicted molar refractivity (Wildman–Crippen MR) is 46.9 cm³/mol. The Kier molecular flexibility index (Phi) is 4.15. The first-order valence-electron chi connectivity index (χ1n) is 4.76. The molecule has 1 atom stereocenters. The summed E-state index contributed by atoms with van der Waals surface area (Å²) in [6, 6.07) is -1.10. The van der Waals surface area contributed by atoms with Crippen LogP contribution in [0.4, 0.5) is 4.39 Å². The number of nitrogens with two attached hydrogens (primary N) is 1. The number of alkyl halides is 1. The van der Waals surface area contributed by atoms with E-state index in [0.717, 1.165) is 25.7 Å². The van der Waals surface area contributed by atoms with Crippen molar-refractivity contribution in [1.29, 1.82) is 0 Å². The van der Waals surface area contributed by atoms with E-state index in [0.29, 0.717) is 0 Å². The minimum absolute atomic E-state index is 0.0288. The van der Waals surface area contributed by atoms with Crippen molar-refractivity contribution in [3.05, 3.63) is 0 Å². The van der Waals surface area contributed by atoms with Gasteiger partial charge in [0.15, 0.2) is 0 Å².